The monoisotopic (exact) mass is 272 g/mol. The smallest absolute Gasteiger partial charge is 0.255 e. The number of hydrogen-bond acceptors (Lipinski definition) is 4. The topological polar surface area (TPSA) is 95.2 Å². The van der Waals surface area contributed by atoms with Crippen LogP contribution in [0.15, 0.2) is 24.4 Å². The number of imide groups is 1. The molecule has 0 radical (unpaired) electrons. The van der Waals surface area contributed by atoms with Gasteiger partial charge in [0.25, 0.3) is 5.91 Å². The van der Waals surface area contributed by atoms with Crippen molar-refractivity contribution in [2.45, 2.75) is 13.0 Å². The van der Waals surface area contributed by atoms with Crippen molar-refractivity contribution < 1.29 is 14.4 Å². The summed E-state index contributed by atoms with van der Waals surface area (Å²) in [7, 11) is 0. The fourth-order valence-corrected chi connectivity index (χ4v) is 2.20. The van der Waals surface area contributed by atoms with Crippen LogP contribution in [0.5, 0.6) is 0 Å². The van der Waals surface area contributed by atoms with E-state index in [4.69, 9.17) is 0 Å². The molecule has 7 nitrogen and oxygen atoms in total. The molecule has 3 rings (SSSR count). The standard InChI is InChI=1S/C13H12N4O3/c1-7-12(19)15-11(18)6-17(7)13(20)8-2-3-10-9(4-8)5-14-16-10/h2-5,7H,6H2,1H3,(H,14,16)(H,15,18,19). The van der Waals surface area contributed by atoms with E-state index in [1.165, 1.54) is 4.90 Å². The van der Waals surface area contributed by atoms with E-state index >= 15 is 0 Å². The van der Waals surface area contributed by atoms with Gasteiger partial charge >= 0.3 is 0 Å². The second-order valence-electron chi connectivity index (χ2n) is 4.69. The molecule has 0 bridgehead atoms. The minimum atomic E-state index is -0.666. The molecule has 7 heteroatoms. The molecule has 0 saturated carbocycles. The molecule has 0 aliphatic carbocycles. The normalized spacial score (nSPS) is 19.2. The first-order valence-electron chi connectivity index (χ1n) is 6.14. The third-order valence-corrected chi connectivity index (χ3v) is 3.37. The Kier molecular flexibility index (Phi) is 2.74. The number of rotatable bonds is 1. The Morgan fingerprint density at radius 1 is 1.40 bits per heavy atom. The summed E-state index contributed by atoms with van der Waals surface area (Å²) in [5, 5.41) is 9.69. The van der Waals surface area contributed by atoms with Gasteiger partial charge in [-0.1, -0.05) is 0 Å². The van der Waals surface area contributed by atoms with Crippen molar-refractivity contribution in [3.63, 3.8) is 0 Å². The number of amides is 3. The first kappa shape index (κ1) is 12.3. The zero-order chi connectivity index (χ0) is 14.3. The van der Waals surface area contributed by atoms with Gasteiger partial charge in [-0.3, -0.25) is 24.8 Å². The zero-order valence-electron chi connectivity index (χ0n) is 10.7. The quantitative estimate of drug-likeness (QED) is 0.717. The number of carbonyl (C=O) groups is 3. The van der Waals surface area contributed by atoms with Gasteiger partial charge < -0.3 is 4.90 Å². The molecule has 1 fully saturated rings. The van der Waals surface area contributed by atoms with E-state index in [0.29, 0.717) is 5.56 Å². The number of H-pyrrole nitrogens is 1. The lowest BCUT2D eigenvalue weighted by atomic mass is 10.1. The Labute approximate surface area is 113 Å². The van der Waals surface area contributed by atoms with E-state index in [9.17, 15) is 14.4 Å². The first-order chi connectivity index (χ1) is 9.56. The lowest BCUT2D eigenvalue weighted by molar-refractivity contribution is -0.138. The number of nitrogens with one attached hydrogen (secondary N) is 2. The average Bonchev–Trinajstić information content (AvgIpc) is 2.89. The molecule has 102 valence electrons. The Balaban J connectivity index is 1.94. The van der Waals surface area contributed by atoms with Crippen molar-refractivity contribution >= 4 is 28.6 Å². The second-order valence-corrected chi connectivity index (χ2v) is 4.69. The van der Waals surface area contributed by atoms with Gasteiger partial charge in [0, 0.05) is 10.9 Å². The van der Waals surface area contributed by atoms with Gasteiger partial charge in [-0.2, -0.15) is 5.10 Å². The van der Waals surface area contributed by atoms with E-state index < -0.39 is 17.9 Å². The van der Waals surface area contributed by atoms with Crippen LogP contribution in [0.4, 0.5) is 0 Å². The number of benzene rings is 1. The fourth-order valence-electron chi connectivity index (χ4n) is 2.20. The Hall–Kier alpha value is -2.70. The molecule has 2 heterocycles. The molecule has 2 N–H and O–H groups in total. The summed E-state index contributed by atoms with van der Waals surface area (Å²) in [6.07, 6.45) is 1.61. The number of aromatic amines is 1. The SMILES string of the molecule is CC1C(=O)NC(=O)CN1C(=O)c1ccc2[nH]ncc2c1. The van der Waals surface area contributed by atoms with Gasteiger partial charge in [0.15, 0.2) is 0 Å². The number of hydrogen-bond donors (Lipinski definition) is 2. The van der Waals surface area contributed by atoms with Gasteiger partial charge in [0.05, 0.1) is 11.7 Å². The van der Waals surface area contributed by atoms with Gasteiger partial charge in [0.1, 0.15) is 12.6 Å². The third kappa shape index (κ3) is 1.93. The summed E-state index contributed by atoms with van der Waals surface area (Å²) in [4.78, 5) is 36.7. The zero-order valence-corrected chi connectivity index (χ0v) is 10.7. The Morgan fingerprint density at radius 3 is 3.00 bits per heavy atom. The van der Waals surface area contributed by atoms with Crippen molar-refractivity contribution in [3.8, 4) is 0 Å². The molecular weight excluding hydrogens is 260 g/mol. The van der Waals surface area contributed by atoms with Crippen LogP contribution < -0.4 is 5.32 Å². The maximum absolute atomic E-state index is 12.4. The molecule has 1 saturated heterocycles. The van der Waals surface area contributed by atoms with Crippen LogP contribution in [0.3, 0.4) is 0 Å². The summed E-state index contributed by atoms with van der Waals surface area (Å²) in [5.74, 6) is -1.27. The van der Waals surface area contributed by atoms with Crippen LogP contribution in [-0.4, -0.2) is 45.4 Å². The molecule has 20 heavy (non-hydrogen) atoms. The number of piperazine rings is 1. The molecule has 1 aliphatic rings. The van der Waals surface area contributed by atoms with Crippen LogP contribution in [0.2, 0.25) is 0 Å². The molecular formula is C13H12N4O3. The van der Waals surface area contributed by atoms with Crippen molar-refractivity contribution in [2.75, 3.05) is 6.54 Å². The Bertz CT molecular complexity index is 721. The summed E-state index contributed by atoms with van der Waals surface area (Å²) in [6, 6.07) is 4.41. The van der Waals surface area contributed by atoms with Gasteiger partial charge in [-0.05, 0) is 25.1 Å². The molecule has 1 aromatic carbocycles. The molecule has 1 aromatic heterocycles. The van der Waals surface area contributed by atoms with Crippen LogP contribution in [0, 0.1) is 0 Å². The van der Waals surface area contributed by atoms with E-state index in [1.807, 2.05) is 0 Å². The van der Waals surface area contributed by atoms with Gasteiger partial charge in [0.2, 0.25) is 11.8 Å². The van der Waals surface area contributed by atoms with Crippen molar-refractivity contribution in [3.05, 3.63) is 30.0 Å². The number of aromatic nitrogens is 2. The third-order valence-electron chi connectivity index (χ3n) is 3.37. The molecule has 0 spiro atoms. The molecule has 1 aliphatic heterocycles. The van der Waals surface area contributed by atoms with Crippen molar-refractivity contribution in [1.82, 2.24) is 20.4 Å². The molecule has 2 aromatic rings. The maximum atomic E-state index is 12.4. The van der Waals surface area contributed by atoms with Crippen LogP contribution >= 0.6 is 0 Å². The summed E-state index contributed by atoms with van der Waals surface area (Å²) < 4.78 is 0. The van der Waals surface area contributed by atoms with E-state index in [-0.39, 0.29) is 12.5 Å². The van der Waals surface area contributed by atoms with Crippen molar-refractivity contribution in [1.29, 1.82) is 0 Å². The predicted octanol–water partition coefficient (Wildman–Crippen LogP) is 0.0500. The molecule has 1 unspecified atom stereocenters. The first-order valence-corrected chi connectivity index (χ1v) is 6.14. The van der Waals surface area contributed by atoms with Crippen LogP contribution in [0.1, 0.15) is 17.3 Å². The highest BCUT2D eigenvalue weighted by molar-refractivity contribution is 6.07. The number of carbonyl (C=O) groups excluding carboxylic acids is 3. The molecule has 1 atom stereocenters. The minimum Gasteiger partial charge on any atom is -0.318 e. The van der Waals surface area contributed by atoms with Crippen molar-refractivity contribution in [2.24, 2.45) is 0 Å². The summed E-state index contributed by atoms with van der Waals surface area (Å²) in [5.41, 5.74) is 1.25. The number of nitrogens with zero attached hydrogens (tertiary/aromatic N) is 2. The van der Waals surface area contributed by atoms with Gasteiger partial charge in [-0.15, -0.1) is 0 Å². The lowest BCUT2D eigenvalue weighted by Gasteiger charge is -2.31. The van der Waals surface area contributed by atoms with E-state index in [2.05, 4.69) is 15.5 Å². The van der Waals surface area contributed by atoms with Crippen LogP contribution in [-0.2, 0) is 9.59 Å². The predicted molar refractivity (Wildman–Crippen MR) is 69.7 cm³/mol. The summed E-state index contributed by atoms with van der Waals surface area (Å²) in [6.45, 7) is 1.48. The van der Waals surface area contributed by atoms with Crippen LogP contribution in [0.25, 0.3) is 10.9 Å². The average molecular weight is 272 g/mol. The van der Waals surface area contributed by atoms with E-state index in [1.54, 1.807) is 31.3 Å². The summed E-state index contributed by atoms with van der Waals surface area (Å²) >= 11 is 0. The highest BCUT2D eigenvalue weighted by Crippen LogP contribution is 2.16. The van der Waals surface area contributed by atoms with E-state index in [0.717, 1.165) is 10.9 Å². The van der Waals surface area contributed by atoms with Gasteiger partial charge in [-0.25, -0.2) is 0 Å². The maximum Gasteiger partial charge on any atom is 0.255 e. The Morgan fingerprint density at radius 2 is 2.20 bits per heavy atom. The fraction of sp³-hybridized carbons (Fsp3) is 0.231. The lowest BCUT2D eigenvalue weighted by Crippen LogP contribution is -2.58. The highest BCUT2D eigenvalue weighted by Gasteiger charge is 2.33. The second kappa shape index (κ2) is 4.44. The number of fused-ring (bicyclic) bond motifs is 1. The highest BCUT2D eigenvalue weighted by atomic mass is 16.2. The minimum absolute atomic E-state index is 0.116. The largest absolute Gasteiger partial charge is 0.318 e. The molecule has 3 amide bonds.